The normalized spacial score (nSPS) is 11.2. The monoisotopic (exact) mass is 327 g/mol. The standard InChI is InChI=1S/C16H16ClN6/c1-22-14(10-23-9-13(17)6-7-15(22)23)12-4-2-11(3-5-12)8-20-21-16(18)19/h2-10H,1H3,(H4,18,19,21)/q+1/b20-8+. The lowest BCUT2D eigenvalue weighted by Gasteiger charge is -1.98. The van der Waals surface area contributed by atoms with Crippen molar-refractivity contribution in [1.29, 1.82) is 0 Å². The van der Waals surface area contributed by atoms with Crippen LogP contribution in [-0.2, 0) is 7.05 Å². The molecule has 0 unspecified atom stereocenters. The number of guanidine groups is 1. The molecule has 6 nitrogen and oxygen atoms in total. The lowest BCUT2D eigenvalue weighted by Crippen LogP contribution is -2.21. The van der Waals surface area contributed by atoms with Crippen molar-refractivity contribution in [3.63, 3.8) is 0 Å². The van der Waals surface area contributed by atoms with Crippen LogP contribution in [-0.4, -0.2) is 16.7 Å². The van der Waals surface area contributed by atoms with Gasteiger partial charge in [0.15, 0.2) is 5.69 Å². The van der Waals surface area contributed by atoms with E-state index in [0.717, 1.165) is 22.5 Å². The summed E-state index contributed by atoms with van der Waals surface area (Å²) in [6.07, 6.45) is 5.53. The number of benzene rings is 1. The van der Waals surface area contributed by atoms with Gasteiger partial charge in [0.05, 0.1) is 18.3 Å². The Labute approximate surface area is 138 Å². The molecule has 1 aromatic carbocycles. The maximum absolute atomic E-state index is 6.04. The third kappa shape index (κ3) is 3.17. The molecule has 0 saturated carbocycles. The number of hydrogen-bond donors (Lipinski definition) is 2. The molecule has 2 heterocycles. The van der Waals surface area contributed by atoms with Crippen molar-refractivity contribution in [2.45, 2.75) is 0 Å². The van der Waals surface area contributed by atoms with E-state index in [1.807, 2.05) is 60.2 Å². The first-order chi connectivity index (χ1) is 11.0. The van der Waals surface area contributed by atoms with E-state index in [-0.39, 0.29) is 5.96 Å². The van der Waals surface area contributed by atoms with Gasteiger partial charge in [0, 0.05) is 11.6 Å². The number of hydrogen-bond acceptors (Lipinski definition) is 2. The van der Waals surface area contributed by atoms with Crippen LogP contribution in [0.3, 0.4) is 0 Å². The number of imidazole rings is 1. The summed E-state index contributed by atoms with van der Waals surface area (Å²) in [5, 5.41) is 8.07. The molecule has 23 heavy (non-hydrogen) atoms. The smallest absolute Gasteiger partial charge is 0.286 e. The number of aromatic nitrogens is 2. The second-order valence-corrected chi connectivity index (χ2v) is 5.51. The Bertz CT molecular complexity index is 904. The molecule has 0 radical (unpaired) electrons. The van der Waals surface area contributed by atoms with E-state index in [9.17, 15) is 0 Å². The highest BCUT2D eigenvalue weighted by Gasteiger charge is 2.15. The predicted octanol–water partition coefficient (Wildman–Crippen LogP) is 1.69. The van der Waals surface area contributed by atoms with E-state index in [1.165, 1.54) is 0 Å². The molecule has 7 heteroatoms. The van der Waals surface area contributed by atoms with E-state index in [1.54, 1.807) is 6.21 Å². The first kappa shape index (κ1) is 15.1. The average Bonchev–Trinajstić information content (AvgIpc) is 2.84. The zero-order chi connectivity index (χ0) is 16.4. The first-order valence-corrected chi connectivity index (χ1v) is 7.31. The van der Waals surface area contributed by atoms with Gasteiger partial charge in [-0.05, 0) is 23.8 Å². The molecule has 3 rings (SSSR count). The predicted molar refractivity (Wildman–Crippen MR) is 92.4 cm³/mol. The zero-order valence-electron chi connectivity index (χ0n) is 12.5. The minimum atomic E-state index is -0.0657. The summed E-state index contributed by atoms with van der Waals surface area (Å²) >= 11 is 6.04. The fourth-order valence-corrected chi connectivity index (χ4v) is 2.55. The molecular formula is C16H16ClN6+. The minimum absolute atomic E-state index is 0.0657. The molecule has 0 spiro atoms. The molecule has 0 saturated heterocycles. The molecular weight excluding hydrogens is 312 g/mol. The van der Waals surface area contributed by atoms with E-state index < -0.39 is 0 Å². The third-order valence-corrected chi connectivity index (χ3v) is 3.69. The van der Waals surface area contributed by atoms with Crippen molar-refractivity contribution in [3.05, 3.63) is 59.4 Å². The Morgan fingerprint density at radius 2 is 1.87 bits per heavy atom. The summed E-state index contributed by atoms with van der Waals surface area (Å²) in [6, 6.07) is 11.8. The number of halogens is 1. The molecule has 0 fully saturated rings. The Kier molecular flexibility index (Phi) is 3.99. The van der Waals surface area contributed by atoms with Gasteiger partial charge in [0.1, 0.15) is 12.4 Å². The summed E-state index contributed by atoms with van der Waals surface area (Å²) in [5.74, 6) is -0.0657. The SMILES string of the molecule is Cn1c(-c2ccc(/C=N/N=C(N)N)cc2)c[n+]2cc(Cl)ccc12. The van der Waals surface area contributed by atoms with Crippen LogP contribution in [0.25, 0.3) is 16.9 Å². The van der Waals surface area contributed by atoms with Gasteiger partial charge in [0.25, 0.3) is 5.65 Å². The van der Waals surface area contributed by atoms with Crippen molar-refractivity contribution < 1.29 is 4.40 Å². The van der Waals surface area contributed by atoms with Gasteiger partial charge >= 0.3 is 0 Å². The molecule has 0 aliphatic carbocycles. The molecule has 0 amide bonds. The largest absolute Gasteiger partial charge is 0.369 e. The second kappa shape index (κ2) is 6.10. The maximum atomic E-state index is 6.04. The van der Waals surface area contributed by atoms with E-state index in [4.69, 9.17) is 23.1 Å². The lowest BCUT2D eigenvalue weighted by molar-refractivity contribution is -0.510. The molecule has 2 aromatic heterocycles. The quantitative estimate of drug-likeness (QED) is 0.332. The van der Waals surface area contributed by atoms with Crippen LogP contribution < -0.4 is 15.9 Å². The van der Waals surface area contributed by atoms with Crippen molar-refractivity contribution in [3.8, 4) is 11.3 Å². The summed E-state index contributed by atoms with van der Waals surface area (Å²) in [5.41, 5.74) is 14.6. The van der Waals surface area contributed by atoms with Gasteiger partial charge in [-0.25, -0.2) is 8.97 Å². The van der Waals surface area contributed by atoms with Crippen molar-refractivity contribution in [2.24, 2.45) is 28.7 Å². The van der Waals surface area contributed by atoms with Crippen LogP contribution in [0, 0.1) is 0 Å². The minimum Gasteiger partial charge on any atom is -0.369 e. The van der Waals surface area contributed by atoms with Gasteiger partial charge in [-0.15, -0.1) is 5.10 Å². The van der Waals surface area contributed by atoms with Gasteiger partial charge < -0.3 is 11.5 Å². The Hall–Kier alpha value is -2.86. The number of rotatable bonds is 3. The molecule has 0 aliphatic heterocycles. The number of nitrogens with two attached hydrogens (primary N) is 2. The second-order valence-electron chi connectivity index (χ2n) is 5.08. The van der Waals surface area contributed by atoms with Crippen LogP contribution in [0.1, 0.15) is 5.56 Å². The zero-order valence-corrected chi connectivity index (χ0v) is 13.3. The van der Waals surface area contributed by atoms with Crippen LogP contribution in [0.5, 0.6) is 0 Å². The maximum Gasteiger partial charge on any atom is 0.286 e. The number of pyridine rings is 1. The fourth-order valence-electron chi connectivity index (χ4n) is 2.38. The molecule has 4 N–H and O–H groups in total. The van der Waals surface area contributed by atoms with Crippen LogP contribution in [0.4, 0.5) is 0 Å². The van der Waals surface area contributed by atoms with Crippen LogP contribution in [0.15, 0.2) is 59.0 Å². The Morgan fingerprint density at radius 3 is 2.57 bits per heavy atom. The highest BCUT2D eigenvalue weighted by atomic mass is 35.5. The fraction of sp³-hybridized carbons (Fsp3) is 0.0625. The number of aryl methyl sites for hydroxylation is 1. The van der Waals surface area contributed by atoms with Crippen molar-refractivity contribution >= 4 is 29.4 Å². The number of fused-ring (bicyclic) bond motifs is 1. The van der Waals surface area contributed by atoms with E-state index >= 15 is 0 Å². The molecule has 0 aliphatic rings. The van der Waals surface area contributed by atoms with Gasteiger partial charge in [-0.2, -0.15) is 5.10 Å². The summed E-state index contributed by atoms with van der Waals surface area (Å²) in [7, 11) is 2.02. The highest BCUT2D eigenvalue weighted by Crippen LogP contribution is 2.20. The summed E-state index contributed by atoms with van der Waals surface area (Å²) < 4.78 is 4.12. The Balaban J connectivity index is 1.95. The van der Waals surface area contributed by atoms with Crippen molar-refractivity contribution in [2.75, 3.05) is 0 Å². The van der Waals surface area contributed by atoms with Gasteiger partial charge in [0.2, 0.25) is 5.96 Å². The van der Waals surface area contributed by atoms with E-state index in [2.05, 4.69) is 14.8 Å². The van der Waals surface area contributed by atoms with E-state index in [0.29, 0.717) is 5.02 Å². The summed E-state index contributed by atoms with van der Waals surface area (Å²) in [4.78, 5) is 0. The molecule has 0 atom stereocenters. The highest BCUT2D eigenvalue weighted by molar-refractivity contribution is 6.30. The topological polar surface area (TPSA) is 85.8 Å². The molecule has 116 valence electrons. The van der Waals surface area contributed by atoms with Crippen LogP contribution >= 0.6 is 11.6 Å². The van der Waals surface area contributed by atoms with Gasteiger partial charge in [-0.1, -0.05) is 23.7 Å². The third-order valence-electron chi connectivity index (χ3n) is 3.47. The van der Waals surface area contributed by atoms with Gasteiger partial charge in [-0.3, -0.25) is 0 Å². The lowest BCUT2D eigenvalue weighted by atomic mass is 10.1. The van der Waals surface area contributed by atoms with Crippen molar-refractivity contribution in [1.82, 2.24) is 4.57 Å². The van der Waals surface area contributed by atoms with Crippen LogP contribution in [0.2, 0.25) is 5.02 Å². The average molecular weight is 328 g/mol. The first-order valence-electron chi connectivity index (χ1n) is 6.93. The molecule has 3 aromatic rings. The molecule has 0 bridgehead atoms. The Morgan fingerprint density at radius 1 is 1.13 bits per heavy atom. The summed E-state index contributed by atoms with van der Waals surface area (Å²) in [6.45, 7) is 0. The number of nitrogens with zero attached hydrogens (tertiary/aromatic N) is 4.